The Kier molecular flexibility index (Phi) is 15.4. The highest BCUT2D eigenvalue weighted by Gasteiger charge is 2.77. The predicted octanol–water partition coefficient (Wildman–Crippen LogP) is 4.70. The van der Waals surface area contributed by atoms with Crippen molar-refractivity contribution in [3.8, 4) is 0 Å². The number of ether oxygens (including phenoxy) is 5. The van der Waals surface area contributed by atoms with E-state index < -0.39 is 83.8 Å². The van der Waals surface area contributed by atoms with Crippen molar-refractivity contribution in [3.63, 3.8) is 0 Å². The number of amides is 2. The largest absolute Gasteiger partial charge is 0.499 e. The van der Waals surface area contributed by atoms with Gasteiger partial charge < -0.3 is 44.1 Å². The number of fused-ring (bicyclic) bond motifs is 4. The topological polar surface area (TPSA) is 183 Å². The third kappa shape index (κ3) is 10.2. The number of aliphatic hydroxyl groups excluding tert-OH is 2. The van der Waals surface area contributed by atoms with Crippen molar-refractivity contribution in [2.24, 2.45) is 5.41 Å². The van der Waals surface area contributed by atoms with Gasteiger partial charge in [-0.3, -0.25) is 24.0 Å². The van der Waals surface area contributed by atoms with Crippen LogP contribution in [0.4, 0.5) is 0 Å². The van der Waals surface area contributed by atoms with Crippen LogP contribution < -0.4 is 5.32 Å². The predicted molar refractivity (Wildman–Crippen MR) is 219 cm³/mol. The zero-order valence-electron chi connectivity index (χ0n) is 36.1. The molecule has 4 heterocycles. The Morgan fingerprint density at radius 1 is 1.02 bits per heavy atom. The van der Waals surface area contributed by atoms with Crippen LogP contribution >= 0.6 is 0 Å². The van der Waals surface area contributed by atoms with Crippen molar-refractivity contribution in [2.45, 2.75) is 179 Å². The van der Waals surface area contributed by atoms with E-state index in [4.69, 9.17) is 33.6 Å². The number of unbranched alkanes of at least 4 members (excludes halogenated alkanes) is 4. The quantitative estimate of drug-likeness (QED) is 0.0882. The molecule has 334 valence electrons. The Morgan fingerprint density at radius 3 is 2.37 bits per heavy atom. The first-order valence-corrected chi connectivity index (χ1v) is 22.2. The van der Waals surface area contributed by atoms with E-state index in [1.807, 2.05) is 24.3 Å². The highest BCUT2D eigenvalue weighted by molar-refractivity contribution is 5.96. The maximum Gasteiger partial charge on any atom is 0.327 e. The Balaban J connectivity index is 1.29. The standard InChI is InChI=1S/C45H67N3O12/c1-6-8-10-21-44(22-11-9-7-2)58-36-34-27-45(42(54)47-23-12-13-33(47)40(52)46-32(29-50)18-19-35(51)57-43(3,4)5)38(41(53)56-34)48(60-39(45)37(36)59-44)28-31-16-14-30(15-17-31)20-25-55-26-24-49/h14-17,20,25,32-34,36-39,49-50H,6-13,18-19,21-24,26-29H2,1-5H3,(H,46,52)/t32-,33+,34+,36-,37-,38-,39+,45-/m0/s1. The van der Waals surface area contributed by atoms with Crippen molar-refractivity contribution < 1.29 is 57.9 Å². The summed E-state index contributed by atoms with van der Waals surface area (Å²) in [4.78, 5) is 64.8. The molecule has 4 aliphatic heterocycles. The third-order valence-corrected chi connectivity index (χ3v) is 12.4. The number of esters is 2. The summed E-state index contributed by atoms with van der Waals surface area (Å²) in [6.45, 7) is 9.79. The van der Waals surface area contributed by atoms with Crippen LogP contribution in [0.25, 0.3) is 6.08 Å². The zero-order valence-corrected chi connectivity index (χ0v) is 36.1. The van der Waals surface area contributed by atoms with E-state index in [2.05, 4.69) is 19.2 Å². The van der Waals surface area contributed by atoms with E-state index >= 15 is 4.79 Å². The highest BCUT2D eigenvalue weighted by Crippen LogP contribution is 2.59. The van der Waals surface area contributed by atoms with Crippen LogP contribution in [0.5, 0.6) is 0 Å². The van der Waals surface area contributed by atoms with Crippen LogP contribution in [0, 0.1) is 5.41 Å². The van der Waals surface area contributed by atoms with Gasteiger partial charge in [-0.2, -0.15) is 5.06 Å². The molecule has 5 fully saturated rings. The van der Waals surface area contributed by atoms with Crippen molar-refractivity contribution in [3.05, 3.63) is 41.7 Å². The lowest BCUT2D eigenvalue weighted by Gasteiger charge is -2.50. The van der Waals surface area contributed by atoms with Gasteiger partial charge in [-0.15, -0.1) is 0 Å². The van der Waals surface area contributed by atoms with E-state index in [-0.39, 0.29) is 44.9 Å². The Labute approximate surface area is 354 Å². The molecule has 1 saturated carbocycles. The van der Waals surface area contributed by atoms with Crippen LogP contribution in [0.3, 0.4) is 0 Å². The van der Waals surface area contributed by atoms with Crippen LogP contribution in [-0.4, -0.2) is 124 Å². The molecule has 3 N–H and O–H groups in total. The normalized spacial score (nSPS) is 28.7. The van der Waals surface area contributed by atoms with Crippen LogP contribution in [0.2, 0.25) is 0 Å². The van der Waals surface area contributed by atoms with Gasteiger partial charge in [-0.05, 0) is 70.1 Å². The van der Waals surface area contributed by atoms with Gasteiger partial charge in [0, 0.05) is 32.2 Å². The second kappa shape index (κ2) is 20.1. The molecule has 5 aliphatic rings. The molecule has 2 bridgehead atoms. The number of likely N-dealkylation sites (tertiary alicyclic amines) is 1. The number of carbonyl (C=O) groups excluding carboxylic acids is 4. The van der Waals surface area contributed by atoms with E-state index in [1.165, 1.54) is 6.26 Å². The number of rotatable bonds is 21. The first kappa shape index (κ1) is 45.9. The van der Waals surface area contributed by atoms with Gasteiger partial charge in [-0.1, -0.05) is 63.8 Å². The Hall–Kier alpha value is -3.60. The molecule has 15 nitrogen and oxygen atoms in total. The minimum atomic E-state index is -1.45. The smallest absolute Gasteiger partial charge is 0.327 e. The maximum atomic E-state index is 15.5. The average molecular weight is 842 g/mol. The number of hydroxylamine groups is 2. The van der Waals surface area contributed by atoms with Gasteiger partial charge in [0.15, 0.2) is 11.8 Å². The summed E-state index contributed by atoms with van der Waals surface area (Å²) in [5.41, 5.74) is -0.418. The molecule has 15 heteroatoms. The molecule has 6 rings (SSSR count). The second-order valence-corrected chi connectivity index (χ2v) is 18.0. The van der Waals surface area contributed by atoms with Gasteiger partial charge in [0.25, 0.3) is 0 Å². The SMILES string of the molecule is CCCCCC1(CCCCC)O[C@@H]2[C@H](O1)[C@H]1ON(Cc3ccc(C=COCCO)cc3)[C@H]3C(=O)O[C@@H]2C[C@@]13C(=O)N1CCC[C@@H]1C(=O)N[C@H](CO)CCC(=O)OC(C)(C)C. The number of benzene rings is 1. The number of nitrogens with zero attached hydrogens (tertiary/aromatic N) is 2. The fourth-order valence-corrected chi connectivity index (χ4v) is 9.58. The van der Waals surface area contributed by atoms with Gasteiger partial charge in [-0.25, -0.2) is 0 Å². The van der Waals surface area contributed by atoms with Gasteiger partial charge >= 0.3 is 11.9 Å². The lowest BCUT2D eigenvalue weighted by Crippen LogP contribution is -2.70. The van der Waals surface area contributed by atoms with Crippen LogP contribution in [0.15, 0.2) is 30.5 Å². The molecule has 60 heavy (non-hydrogen) atoms. The highest BCUT2D eigenvalue weighted by atomic mass is 16.8. The summed E-state index contributed by atoms with van der Waals surface area (Å²) >= 11 is 0. The number of hydrogen-bond donors (Lipinski definition) is 3. The lowest BCUT2D eigenvalue weighted by molar-refractivity contribution is -0.225. The Morgan fingerprint density at radius 2 is 1.72 bits per heavy atom. The van der Waals surface area contributed by atoms with Crippen molar-refractivity contribution in [2.75, 3.05) is 26.4 Å². The first-order chi connectivity index (χ1) is 28.8. The summed E-state index contributed by atoms with van der Waals surface area (Å²) in [5, 5.41) is 23.6. The molecule has 1 aromatic rings. The Bertz CT molecular complexity index is 1650. The number of hydrogen-bond acceptors (Lipinski definition) is 13. The fourth-order valence-electron chi connectivity index (χ4n) is 9.58. The minimum Gasteiger partial charge on any atom is -0.499 e. The zero-order chi connectivity index (χ0) is 43.1. The molecule has 0 aromatic heterocycles. The summed E-state index contributed by atoms with van der Waals surface area (Å²) in [6, 6.07) is 4.91. The first-order valence-electron chi connectivity index (χ1n) is 22.2. The molecule has 2 amide bonds. The summed E-state index contributed by atoms with van der Waals surface area (Å²) in [7, 11) is 0. The van der Waals surface area contributed by atoms with Gasteiger partial charge in [0.2, 0.25) is 11.8 Å². The summed E-state index contributed by atoms with van der Waals surface area (Å²) < 4.78 is 30.9. The molecule has 0 radical (unpaired) electrons. The second-order valence-electron chi connectivity index (χ2n) is 18.0. The molecule has 4 saturated heterocycles. The van der Waals surface area contributed by atoms with Crippen LogP contribution in [0.1, 0.15) is 129 Å². The fraction of sp³-hybridized carbons (Fsp3) is 0.733. The average Bonchev–Trinajstić information content (AvgIpc) is 3.94. The minimum absolute atomic E-state index is 0.000704. The lowest BCUT2D eigenvalue weighted by atomic mass is 9.62. The monoisotopic (exact) mass is 841 g/mol. The van der Waals surface area contributed by atoms with E-state index in [1.54, 1.807) is 36.8 Å². The van der Waals surface area contributed by atoms with Crippen LogP contribution in [-0.2, 0) is 54.2 Å². The molecule has 1 aliphatic carbocycles. The molecule has 0 unspecified atom stereocenters. The molecule has 1 aromatic carbocycles. The third-order valence-electron chi connectivity index (χ3n) is 12.4. The van der Waals surface area contributed by atoms with E-state index in [0.717, 1.165) is 49.7 Å². The van der Waals surface area contributed by atoms with E-state index in [9.17, 15) is 19.5 Å². The molecule has 0 spiro atoms. The van der Waals surface area contributed by atoms with E-state index in [0.29, 0.717) is 32.2 Å². The van der Waals surface area contributed by atoms with Gasteiger partial charge in [0.05, 0.1) is 32.1 Å². The van der Waals surface area contributed by atoms with Crippen molar-refractivity contribution in [1.29, 1.82) is 0 Å². The van der Waals surface area contributed by atoms with Crippen molar-refractivity contribution >= 4 is 29.8 Å². The molecular formula is C45H67N3O12. The summed E-state index contributed by atoms with van der Waals surface area (Å²) in [6.07, 6.45) is 8.73. The number of aliphatic hydroxyl groups is 2. The molecular weight excluding hydrogens is 775 g/mol. The van der Waals surface area contributed by atoms with Crippen molar-refractivity contribution in [1.82, 2.24) is 15.3 Å². The summed E-state index contributed by atoms with van der Waals surface area (Å²) in [5.74, 6) is -2.73. The maximum absolute atomic E-state index is 15.5. The number of nitrogens with one attached hydrogen (secondary N) is 1. The number of carbonyl (C=O) groups is 4. The molecule has 8 atom stereocenters. The van der Waals surface area contributed by atoms with Gasteiger partial charge in [0.1, 0.15) is 48.1 Å².